The number of hydrogen-bond acceptors (Lipinski definition) is 5. The van der Waals surface area contributed by atoms with Crippen LogP contribution in [0.15, 0.2) is 47.4 Å². The van der Waals surface area contributed by atoms with Crippen LogP contribution in [0.4, 0.5) is 4.79 Å². The second-order valence-corrected chi connectivity index (χ2v) is 6.33. The van der Waals surface area contributed by atoms with Crippen molar-refractivity contribution in [3.63, 3.8) is 0 Å². The summed E-state index contributed by atoms with van der Waals surface area (Å²) in [6.07, 6.45) is 0.320. The molecule has 1 fully saturated rings. The Kier molecular flexibility index (Phi) is 5.53. The monoisotopic (exact) mass is 387 g/mol. The Balaban J connectivity index is 1.86. The molecule has 9 heteroatoms. The molecule has 148 valence electrons. The molecule has 2 atom stereocenters. The van der Waals surface area contributed by atoms with Crippen molar-refractivity contribution in [2.45, 2.75) is 25.2 Å². The Bertz CT molecular complexity index is 941. The zero-order valence-corrected chi connectivity index (χ0v) is 15.5. The minimum Gasteiger partial charge on any atom is -0.497 e. The van der Waals surface area contributed by atoms with Crippen LogP contribution in [0.5, 0.6) is 11.5 Å². The number of nitrogens with one attached hydrogen (secondary N) is 1. The van der Waals surface area contributed by atoms with Crippen molar-refractivity contribution in [2.75, 3.05) is 14.2 Å². The number of ether oxygens (including phenoxy) is 2. The van der Waals surface area contributed by atoms with E-state index in [2.05, 4.69) is 5.32 Å². The Morgan fingerprint density at radius 3 is 2.61 bits per heavy atom. The second-order valence-electron chi connectivity index (χ2n) is 6.33. The Morgan fingerprint density at radius 2 is 1.96 bits per heavy atom. The van der Waals surface area contributed by atoms with E-state index in [0.717, 1.165) is 5.56 Å². The largest absolute Gasteiger partial charge is 0.497 e. The number of carbonyl (C=O) groups is 2. The van der Waals surface area contributed by atoms with Gasteiger partial charge in [-0.15, -0.1) is 0 Å². The fourth-order valence-electron chi connectivity index (χ4n) is 3.27. The van der Waals surface area contributed by atoms with Gasteiger partial charge in [-0.25, -0.2) is 4.79 Å². The van der Waals surface area contributed by atoms with E-state index in [1.165, 1.54) is 22.6 Å². The number of nitrogens with zero attached hydrogens (tertiary/aromatic N) is 2. The van der Waals surface area contributed by atoms with E-state index in [1.807, 2.05) is 0 Å². The van der Waals surface area contributed by atoms with Gasteiger partial charge in [-0.2, -0.15) is 0 Å². The van der Waals surface area contributed by atoms with Gasteiger partial charge in [0.05, 0.1) is 20.3 Å². The zero-order valence-electron chi connectivity index (χ0n) is 15.5. The highest BCUT2D eigenvalue weighted by Crippen LogP contribution is 2.30. The van der Waals surface area contributed by atoms with Crippen LogP contribution in [-0.2, 0) is 17.9 Å². The molecule has 1 aliphatic heterocycles. The molecular weight excluding hydrogens is 366 g/mol. The van der Waals surface area contributed by atoms with Gasteiger partial charge in [-0.05, 0) is 18.2 Å². The molecule has 1 saturated heterocycles. The lowest BCUT2D eigenvalue weighted by Gasteiger charge is -2.47. The molecule has 2 heterocycles. The third-order valence-electron chi connectivity index (χ3n) is 4.73. The maximum Gasteiger partial charge on any atom is 0.405 e. The van der Waals surface area contributed by atoms with Gasteiger partial charge in [-0.1, -0.05) is 6.07 Å². The standard InChI is InChI=1S/C19H21N3O6/c1-27-13-7-6-12(15(9-13)28-2)10-22-14(17(18(22)24)20-19(25)26)11-21-8-4-3-5-16(21)23/h3-9,14,17,20H,10-11H2,1-2H3,(H,25,26)/t14-,17+/m1/s1. The smallest absolute Gasteiger partial charge is 0.405 e. The fraction of sp³-hybridized carbons (Fsp3) is 0.316. The lowest BCUT2D eigenvalue weighted by Crippen LogP contribution is -2.71. The maximum atomic E-state index is 12.6. The van der Waals surface area contributed by atoms with Crippen LogP contribution in [0.2, 0.25) is 0 Å². The summed E-state index contributed by atoms with van der Waals surface area (Å²) in [5, 5.41) is 11.3. The quantitative estimate of drug-likeness (QED) is 0.684. The number of benzene rings is 1. The van der Waals surface area contributed by atoms with Gasteiger partial charge in [0.2, 0.25) is 5.91 Å². The molecule has 0 aliphatic carbocycles. The third-order valence-corrected chi connectivity index (χ3v) is 4.73. The average Bonchev–Trinajstić information content (AvgIpc) is 2.70. The van der Waals surface area contributed by atoms with Crippen molar-refractivity contribution in [3.8, 4) is 11.5 Å². The van der Waals surface area contributed by atoms with Gasteiger partial charge >= 0.3 is 6.09 Å². The van der Waals surface area contributed by atoms with Crippen molar-refractivity contribution < 1.29 is 24.2 Å². The molecule has 28 heavy (non-hydrogen) atoms. The van der Waals surface area contributed by atoms with Crippen LogP contribution < -0.4 is 20.3 Å². The van der Waals surface area contributed by atoms with E-state index < -0.39 is 18.2 Å². The van der Waals surface area contributed by atoms with Gasteiger partial charge in [0.15, 0.2) is 0 Å². The van der Waals surface area contributed by atoms with Crippen LogP contribution >= 0.6 is 0 Å². The van der Waals surface area contributed by atoms with E-state index in [-0.39, 0.29) is 24.6 Å². The van der Waals surface area contributed by atoms with Crippen LogP contribution in [-0.4, -0.2) is 52.9 Å². The molecule has 1 aromatic carbocycles. The first-order chi connectivity index (χ1) is 13.4. The van der Waals surface area contributed by atoms with Crippen LogP contribution in [0.1, 0.15) is 5.56 Å². The van der Waals surface area contributed by atoms with Crippen LogP contribution in [0.3, 0.4) is 0 Å². The van der Waals surface area contributed by atoms with Gasteiger partial charge in [0.1, 0.15) is 17.5 Å². The summed E-state index contributed by atoms with van der Waals surface area (Å²) in [5.74, 6) is 0.819. The lowest BCUT2D eigenvalue weighted by molar-refractivity contribution is -0.152. The maximum absolute atomic E-state index is 12.6. The summed E-state index contributed by atoms with van der Waals surface area (Å²) in [6, 6.07) is 8.58. The molecule has 2 amide bonds. The molecule has 1 aliphatic rings. The Labute approximate surface area is 161 Å². The third kappa shape index (κ3) is 3.78. The molecule has 0 spiro atoms. The molecule has 0 bridgehead atoms. The highest BCUT2D eigenvalue weighted by molar-refractivity contribution is 5.92. The number of likely N-dealkylation sites (tertiary alicyclic amines) is 1. The minimum atomic E-state index is -1.29. The zero-order chi connectivity index (χ0) is 20.3. The summed E-state index contributed by atoms with van der Waals surface area (Å²) in [6.45, 7) is 0.394. The predicted molar refractivity (Wildman–Crippen MR) is 99.5 cm³/mol. The number of hydrogen-bond donors (Lipinski definition) is 2. The minimum absolute atomic E-state index is 0.175. The molecule has 2 aromatic rings. The molecule has 0 radical (unpaired) electrons. The van der Waals surface area contributed by atoms with Gasteiger partial charge in [-0.3, -0.25) is 9.59 Å². The van der Waals surface area contributed by atoms with E-state index in [0.29, 0.717) is 11.5 Å². The number of aromatic nitrogens is 1. The molecular formula is C19H21N3O6. The lowest BCUT2D eigenvalue weighted by atomic mass is 9.93. The van der Waals surface area contributed by atoms with Gasteiger partial charge < -0.3 is 29.4 Å². The first kappa shape index (κ1) is 19.3. The van der Waals surface area contributed by atoms with Crippen LogP contribution in [0, 0.1) is 0 Å². The number of rotatable bonds is 7. The van der Waals surface area contributed by atoms with E-state index in [1.54, 1.807) is 43.6 Å². The SMILES string of the molecule is COc1ccc(CN2C(=O)[C@@H](NC(=O)O)[C@H]2Cn2ccccc2=O)c(OC)c1. The second kappa shape index (κ2) is 8.03. The molecule has 1 aromatic heterocycles. The molecule has 3 rings (SSSR count). The number of pyridine rings is 1. The summed E-state index contributed by atoms with van der Waals surface area (Å²) < 4.78 is 12.0. The van der Waals surface area contributed by atoms with Crippen molar-refractivity contribution >= 4 is 12.0 Å². The highest BCUT2D eigenvalue weighted by Gasteiger charge is 2.48. The molecule has 0 unspecified atom stereocenters. The molecule has 9 nitrogen and oxygen atoms in total. The topological polar surface area (TPSA) is 110 Å². The summed E-state index contributed by atoms with van der Waals surface area (Å²) >= 11 is 0. The number of carbonyl (C=O) groups excluding carboxylic acids is 1. The van der Waals surface area contributed by atoms with Gasteiger partial charge in [0.25, 0.3) is 5.56 Å². The first-order valence-corrected chi connectivity index (χ1v) is 8.61. The summed E-state index contributed by atoms with van der Waals surface area (Å²) in [5.41, 5.74) is 0.522. The van der Waals surface area contributed by atoms with Crippen molar-refractivity contribution in [3.05, 3.63) is 58.5 Å². The highest BCUT2D eigenvalue weighted by atomic mass is 16.5. The average molecular weight is 387 g/mol. The Morgan fingerprint density at radius 1 is 1.18 bits per heavy atom. The number of amides is 2. The number of β-lactam (4-membered cyclic amide) rings is 1. The van der Waals surface area contributed by atoms with Gasteiger partial charge in [0, 0.05) is 37.0 Å². The summed E-state index contributed by atoms with van der Waals surface area (Å²) in [7, 11) is 3.06. The molecule has 0 saturated carbocycles. The Hall–Kier alpha value is -3.49. The fourth-order valence-corrected chi connectivity index (χ4v) is 3.27. The van der Waals surface area contributed by atoms with E-state index >= 15 is 0 Å². The summed E-state index contributed by atoms with van der Waals surface area (Å²) in [4.78, 5) is 37.2. The van der Waals surface area contributed by atoms with E-state index in [9.17, 15) is 14.4 Å². The normalized spacial score (nSPS) is 18.4. The number of methoxy groups -OCH3 is 2. The van der Waals surface area contributed by atoms with Crippen molar-refractivity contribution in [2.24, 2.45) is 0 Å². The number of carboxylic acid groups (broad SMARTS) is 1. The van der Waals surface area contributed by atoms with E-state index in [4.69, 9.17) is 14.6 Å². The molecule has 2 N–H and O–H groups in total. The predicted octanol–water partition coefficient (Wildman–Crippen LogP) is 0.913. The van der Waals surface area contributed by atoms with Crippen molar-refractivity contribution in [1.29, 1.82) is 0 Å². The van der Waals surface area contributed by atoms with Crippen LogP contribution in [0.25, 0.3) is 0 Å². The van der Waals surface area contributed by atoms with Crippen molar-refractivity contribution in [1.82, 2.24) is 14.8 Å². The first-order valence-electron chi connectivity index (χ1n) is 8.61.